The van der Waals surface area contributed by atoms with Crippen molar-refractivity contribution in [2.45, 2.75) is 27.7 Å². The summed E-state index contributed by atoms with van der Waals surface area (Å²) in [7, 11) is 0. The lowest BCUT2D eigenvalue weighted by Crippen LogP contribution is -2.06. The average Bonchev–Trinajstić information content (AvgIpc) is 2.57. The molecule has 116 valence electrons. The van der Waals surface area contributed by atoms with Gasteiger partial charge >= 0.3 is 0 Å². The number of para-hydroxylation sites is 1. The molecule has 0 aliphatic rings. The van der Waals surface area contributed by atoms with Gasteiger partial charge in [0.2, 0.25) is 0 Å². The third kappa shape index (κ3) is 4.63. The topological polar surface area (TPSA) is 12.0 Å². The standard InChI is InChI=1S/C19H21N.C2H6/c1-14(2)16(4)20-19-13-9-8-12-18(19)15(3)17-10-6-5-7-11-17;1-2/h5-14,20H,3-4H2,1-2H3;1-2H3. The van der Waals surface area contributed by atoms with Crippen LogP contribution in [0.3, 0.4) is 0 Å². The molecule has 0 unspecified atom stereocenters. The minimum atomic E-state index is 0.396. The molecule has 2 aromatic carbocycles. The summed E-state index contributed by atoms with van der Waals surface area (Å²) >= 11 is 0. The van der Waals surface area contributed by atoms with Gasteiger partial charge in [0.25, 0.3) is 0 Å². The SMILES string of the molecule is C=C(c1ccccc1)c1ccccc1NC(=C)C(C)C.CC. The Morgan fingerprint density at radius 2 is 1.41 bits per heavy atom. The molecule has 0 amide bonds. The van der Waals surface area contributed by atoms with Crippen LogP contribution in [0, 0.1) is 5.92 Å². The maximum atomic E-state index is 4.24. The molecular weight excluding hydrogens is 266 g/mol. The fourth-order valence-corrected chi connectivity index (χ4v) is 1.97. The summed E-state index contributed by atoms with van der Waals surface area (Å²) in [5.74, 6) is 0.396. The molecule has 0 saturated heterocycles. The second kappa shape index (κ2) is 8.89. The number of rotatable bonds is 5. The van der Waals surface area contributed by atoms with Crippen molar-refractivity contribution in [3.05, 3.63) is 84.6 Å². The summed E-state index contributed by atoms with van der Waals surface area (Å²) in [6.07, 6.45) is 0. The Morgan fingerprint density at radius 3 is 2.00 bits per heavy atom. The van der Waals surface area contributed by atoms with Crippen molar-refractivity contribution in [3.63, 3.8) is 0 Å². The van der Waals surface area contributed by atoms with E-state index < -0.39 is 0 Å². The molecule has 0 saturated carbocycles. The maximum absolute atomic E-state index is 4.24. The summed E-state index contributed by atoms with van der Waals surface area (Å²) in [5.41, 5.74) is 5.33. The molecule has 22 heavy (non-hydrogen) atoms. The van der Waals surface area contributed by atoms with Crippen LogP contribution in [-0.2, 0) is 0 Å². The highest BCUT2D eigenvalue weighted by Crippen LogP contribution is 2.29. The van der Waals surface area contributed by atoms with Crippen molar-refractivity contribution in [2.75, 3.05) is 5.32 Å². The van der Waals surface area contributed by atoms with Gasteiger partial charge in [-0.3, -0.25) is 0 Å². The van der Waals surface area contributed by atoms with E-state index in [2.05, 4.69) is 56.6 Å². The van der Waals surface area contributed by atoms with Crippen LogP contribution in [0.5, 0.6) is 0 Å². The predicted octanol–water partition coefficient (Wildman–Crippen LogP) is 6.36. The van der Waals surface area contributed by atoms with Gasteiger partial charge in [-0.15, -0.1) is 0 Å². The van der Waals surface area contributed by atoms with Crippen LogP contribution in [0.2, 0.25) is 0 Å². The van der Waals surface area contributed by atoms with Crippen LogP contribution in [0.4, 0.5) is 5.69 Å². The van der Waals surface area contributed by atoms with Crippen LogP contribution < -0.4 is 5.32 Å². The van der Waals surface area contributed by atoms with Crippen LogP contribution in [0.25, 0.3) is 5.57 Å². The number of anilines is 1. The molecule has 0 atom stereocenters. The smallest absolute Gasteiger partial charge is 0.0461 e. The minimum absolute atomic E-state index is 0.396. The Kier molecular flexibility index (Phi) is 7.18. The lowest BCUT2D eigenvalue weighted by molar-refractivity contribution is 0.778. The Hall–Kier alpha value is -2.28. The highest BCUT2D eigenvalue weighted by atomic mass is 14.9. The number of benzene rings is 2. The number of allylic oxidation sites excluding steroid dienone is 1. The first-order valence-corrected chi connectivity index (χ1v) is 7.89. The molecule has 0 radical (unpaired) electrons. The van der Waals surface area contributed by atoms with Gasteiger partial charge < -0.3 is 5.32 Å². The van der Waals surface area contributed by atoms with E-state index in [-0.39, 0.29) is 0 Å². The van der Waals surface area contributed by atoms with E-state index >= 15 is 0 Å². The predicted molar refractivity (Wildman–Crippen MR) is 100.0 cm³/mol. The molecule has 0 aromatic heterocycles. The van der Waals surface area contributed by atoms with E-state index in [1.165, 1.54) is 0 Å². The quantitative estimate of drug-likeness (QED) is 0.676. The van der Waals surface area contributed by atoms with E-state index in [4.69, 9.17) is 0 Å². The second-order valence-electron chi connectivity index (χ2n) is 5.20. The van der Waals surface area contributed by atoms with Gasteiger partial charge in [0.05, 0.1) is 0 Å². The number of nitrogens with one attached hydrogen (secondary N) is 1. The largest absolute Gasteiger partial charge is 0.359 e. The zero-order valence-electron chi connectivity index (χ0n) is 14.2. The van der Waals surface area contributed by atoms with Gasteiger partial charge in [0.15, 0.2) is 0 Å². The summed E-state index contributed by atoms with van der Waals surface area (Å²) in [5, 5.41) is 3.41. The third-order valence-electron chi connectivity index (χ3n) is 3.37. The molecule has 1 heteroatoms. The molecule has 0 aliphatic carbocycles. The highest BCUT2D eigenvalue weighted by Gasteiger charge is 2.09. The van der Waals surface area contributed by atoms with Crippen LogP contribution in [-0.4, -0.2) is 0 Å². The normalized spacial score (nSPS) is 9.68. The molecule has 0 fully saturated rings. The summed E-state index contributed by atoms with van der Waals surface area (Å²) in [4.78, 5) is 0. The van der Waals surface area contributed by atoms with Crippen LogP contribution in [0.15, 0.2) is 73.5 Å². The number of hydrogen-bond donors (Lipinski definition) is 1. The zero-order chi connectivity index (χ0) is 16.5. The lowest BCUT2D eigenvalue weighted by atomic mass is 9.97. The zero-order valence-corrected chi connectivity index (χ0v) is 14.2. The van der Waals surface area contributed by atoms with Gasteiger partial charge in [-0.2, -0.15) is 0 Å². The van der Waals surface area contributed by atoms with E-state index in [9.17, 15) is 0 Å². The molecule has 2 rings (SSSR count). The van der Waals surface area contributed by atoms with Crippen molar-refractivity contribution < 1.29 is 0 Å². The van der Waals surface area contributed by atoms with E-state index in [0.29, 0.717) is 5.92 Å². The van der Waals surface area contributed by atoms with E-state index in [1.807, 2.05) is 44.2 Å². The minimum Gasteiger partial charge on any atom is -0.359 e. The van der Waals surface area contributed by atoms with Gasteiger partial charge in [0.1, 0.15) is 0 Å². The van der Waals surface area contributed by atoms with Crippen molar-refractivity contribution >= 4 is 11.3 Å². The molecule has 2 aromatic rings. The molecule has 0 heterocycles. The van der Waals surface area contributed by atoms with E-state index in [0.717, 1.165) is 28.1 Å². The first kappa shape index (κ1) is 17.8. The lowest BCUT2D eigenvalue weighted by Gasteiger charge is -2.17. The first-order chi connectivity index (χ1) is 10.6. The average molecular weight is 293 g/mol. The Balaban J connectivity index is 0.00000116. The fourth-order valence-electron chi connectivity index (χ4n) is 1.97. The second-order valence-corrected chi connectivity index (χ2v) is 5.20. The molecular formula is C21H27N. The summed E-state index contributed by atoms with van der Waals surface area (Å²) in [6, 6.07) is 18.5. The van der Waals surface area contributed by atoms with Crippen molar-refractivity contribution in [1.29, 1.82) is 0 Å². The molecule has 0 aliphatic heterocycles. The number of hydrogen-bond acceptors (Lipinski definition) is 1. The van der Waals surface area contributed by atoms with Gasteiger partial charge in [0, 0.05) is 16.9 Å². The molecule has 0 spiro atoms. The van der Waals surface area contributed by atoms with Gasteiger partial charge in [-0.25, -0.2) is 0 Å². The van der Waals surface area contributed by atoms with Gasteiger partial charge in [-0.1, -0.05) is 89.4 Å². The van der Waals surface area contributed by atoms with Crippen molar-refractivity contribution in [2.24, 2.45) is 5.92 Å². The van der Waals surface area contributed by atoms with Gasteiger partial charge in [-0.05, 0) is 23.1 Å². The Labute approximate surface area is 135 Å². The fraction of sp³-hybridized carbons (Fsp3) is 0.238. The molecule has 0 bridgehead atoms. The van der Waals surface area contributed by atoms with Crippen molar-refractivity contribution in [1.82, 2.24) is 0 Å². The summed E-state index contributed by atoms with van der Waals surface area (Å²) in [6.45, 7) is 16.6. The van der Waals surface area contributed by atoms with Crippen LogP contribution >= 0.6 is 0 Å². The van der Waals surface area contributed by atoms with Crippen LogP contribution in [0.1, 0.15) is 38.8 Å². The first-order valence-electron chi connectivity index (χ1n) is 7.89. The van der Waals surface area contributed by atoms with Crippen molar-refractivity contribution in [3.8, 4) is 0 Å². The van der Waals surface area contributed by atoms with E-state index in [1.54, 1.807) is 0 Å². The third-order valence-corrected chi connectivity index (χ3v) is 3.37. The summed E-state index contributed by atoms with van der Waals surface area (Å²) < 4.78 is 0. The Morgan fingerprint density at radius 1 is 0.864 bits per heavy atom. The molecule has 1 nitrogen and oxygen atoms in total. The maximum Gasteiger partial charge on any atom is 0.0461 e. The molecule has 1 N–H and O–H groups in total. The Bertz CT molecular complexity index is 609. The monoisotopic (exact) mass is 293 g/mol. The highest BCUT2D eigenvalue weighted by molar-refractivity contribution is 5.85.